The zero-order valence-electron chi connectivity index (χ0n) is 11.8. The molecule has 0 saturated carbocycles. The minimum absolute atomic E-state index is 0. The molecule has 18 heavy (non-hydrogen) atoms. The molecule has 0 spiro atoms. The zero-order valence-corrected chi connectivity index (χ0v) is 13.4. The molecule has 4 nitrogen and oxygen atoms in total. The van der Waals surface area contributed by atoms with Gasteiger partial charge in [-0.25, -0.2) is 0 Å². The van der Waals surface area contributed by atoms with E-state index in [4.69, 9.17) is 0 Å². The van der Waals surface area contributed by atoms with Crippen LogP contribution in [0.1, 0.15) is 32.6 Å². The van der Waals surface area contributed by atoms with Crippen LogP contribution in [0.2, 0.25) is 0 Å². The third kappa shape index (κ3) is 11.6. The monoisotopic (exact) mass is 289 g/mol. The SMILES string of the molecule is CC1CCNCCCNCCCNCCC[N-]1.[Ti]. The maximum absolute atomic E-state index is 4.66. The molecule has 1 aliphatic rings. The fourth-order valence-electron chi connectivity index (χ4n) is 1.97. The van der Waals surface area contributed by atoms with Gasteiger partial charge in [0, 0.05) is 21.7 Å². The van der Waals surface area contributed by atoms with E-state index in [0.29, 0.717) is 6.04 Å². The minimum Gasteiger partial charge on any atom is -0.660 e. The first-order valence-electron chi connectivity index (χ1n) is 7.18. The second kappa shape index (κ2) is 14.0. The van der Waals surface area contributed by atoms with Gasteiger partial charge < -0.3 is 21.3 Å². The van der Waals surface area contributed by atoms with Gasteiger partial charge in [0.15, 0.2) is 0 Å². The molecule has 106 valence electrons. The molecule has 0 aliphatic carbocycles. The van der Waals surface area contributed by atoms with Crippen molar-refractivity contribution in [1.82, 2.24) is 16.0 Å². The van der Waals surface area contributed by atoms with Crippen molar-refractivity contribution in [3.63, 3.8) is 0 Å². The van der Waals surface area contributed by atoms with Crippen LogP contribution in [-0.4, -0.2) is 51.9 Å². The molecule has 1 unspecified atom stereocenters. The van der Waals surface area contributed by atoms with Crippen LogP contribution in [0.4, 0.5) is 0 Å². The van der Waals surface area contributed by atoms with Gasteiger partial charge >= 0.3 is 0 Å². The Morgan fingerprint density at radius 1 is 0.778 bits per heavy atom. The van der Waals surface area contributed by atoms with Gasteiger partial charge in [0.1, 0.15) is 0 Å². The van der Waals surface area contributed by atoms with Gasteiger partial charge in [0.2, 0.25) is 0 Å². The van der Waals surface area contributed by atoms with E-state index in [1.165, 1.54) is 25.7 Å². The Morgan fingerprint density at radius 3 is 1.89 bits per heavy atom. The van der Waals surface area contributed by atoms with Crippen molar-refractivity contribution in [2.24, 2.45) is 0 Å². The van der Waals surface area contributed by atoms with Crippen LogP contribution in [0.15, 0.2) is 0 Å². The fraction of sp³-hybridized carbons (Fsp3) is 1.00. The molecule has 1 fully saturated rings. The van der Waals surface area contributed by atoms with Crippen molar-refractivity contribution >= 4 is 0 Å². The average Bonchev–Trinajstić information content (AvgIpc) is 2.32. The third-order valence-electron chi connectivity index (χ3n) is 3.11. The summed E-state index contributed by atoms with van der Waals surface area (Å²) in [5.74, 6) is 0. The first-order valence-corrected chi connectivity index (χ1v) is 7.18. The summed E-state index contributed by atoms with van der Waals surface area (Å²) in [5.41, 5.74) is 0. The number of hydrogen-bond acceptors (Lipinski definition) is 3. The van der Waals surface area contributed by atoms with Crippen molar-refractivity contribution in [2.45, 2.75) is 38.6 Å². The minimum atomic E-state index is 0. The van der Waals surface area contributed by atoms with Gasteiger partial charge in [-0.3, -0.25) is 0 Å². The molecule has 0 aromatic carbocycles. The summed E-state index contributed by atoms with van der Waals surface area (Å²) in [6, 6.07) is 0.508. The summed E-state index contributed by atoms with van der Waals surface area (Å²) in [4.78, 5) is 0. The second-order valence-electron chi connectivity index (χ2n) is 4.85. The number of nitrogens with one attached hydrogen (secondary N) is 3. The van der Waals surface area contributed by atoms with Crippen LogP contribution in [0.3, 0.4) is 0 Å². The smallest absolute Gasteiger partial charge is 0 e. The van der Waals surface area contributed by atoms with Crippen LogP contribution in [-0.2, 0) is 21.7 Å². The van der Waals surface area contributed by atoms with E-state index in [1.54, 1.807) is 0 Å². The molecule has 5 heteroatoms. The van der Waals surface area contributed by atoms with Crippen LogP contribution in [0, 0.1) is 0 Å². The van der Waals surface area contributed by atoms with Crippen molar-refractivity contribution in [1.29, 1.82) is 0 Å². The fourth-order valence-corrected chi connectivity index (χ4v) is 1.97. The molecule has 1 atom stereocenters. The van der Waals surface area contributed by atoms with E-state index in [-0.39, 0.29) is 21.7 Å². The topological polar surface area (TPSA) is 50.2 Å². The summed E-state index contributed by atoms with van der Waals surface area (Å²) < 4.78 is 0. The third-order valence-corrected chi connectivity index (χ3v) is 3.11. The summed E-state index contributed by atoms with van der Waals surface area (Å²) in [7, 11) is 0. The Bertz CT molecular complexity index is 153. The standard InChI is InChI=1S/C13H29N4.Ti/c1-13-5-12-16-9-3-8-14-6-2-7-15-10-4-11-17-13;/h13-16H,2-12H2,1H3;/q-1;. The van der Waals surface area contributed by atoms with Gasteiger partial charge in [0.25, 0.3) is 0 Å². The Hall–Kier alpha value is 0.554. The van der Waals surface area contributed by atoms with Gasteiger partial charge in [-0.1, -0.05) is 19.8 Å². The maximum Gasteiger partial charge on any atom is 0 e. The van der Waals surface area contributed by atoms with Crippen molar-refractivity contribution in [3.05, 3.63) is 5.32 Å². The van der Waals surface area contributed by atoms with Gasteiger partial charge in [-0.05, 0) is 52.1 Å². The van der Waals surface area contributed by atoms with Crippen molar-refractivity contribution < 1.29 is 21.7 Å². The predicted molar refractivity (Wildman–Crippen MR) is 74.8 cm³/mol. The number of hydrogen-bond donors (Lipinski definition) is 3. The predicted octanol–water partition coefficient (Wildman–Crippen LogP) is 1.09. The summed E-state index contributed by atoms with van der Waals surface area (Å²) in [6.45, 7) is 9.95. The number of rotatable bonds is 0. The van der Waals surface area contributed by atoms with Crippen LogP contribution in [0.25, 0.3) is 5.32 Å². The van der Waals surface area contributed by atoms with Gasteiger partial charge in [-0.15, -0.1) is 12.6 Å². The largest absolute Gasteiger partial charge is 0.660 e. The van der Waals surface area contributed by atoms with Crippen LogP contribution >= 0.6 is 0 Å². The summed E-state index contributed by atoms with van der Waals surface area (Å²) in [5, 5.41) is 15.1. The molecule has 0 bridgehead atoms. The first kappa shape index (κ1) is 18.6. The molecule has 3 N–H and O–H groups in total. The average molecular weight is 289 g/mol. The van der Waals surface area contributed by atoms with E-state index in [9.17, 15) is 0 Å². The van der Waals surface area contributed by atoms with E-state index < -0.39 is 0 Å². The Balaban J connectivity index is 0.00000289. The Labute approximate surface area is 127 Å². The molecule has 1 rings (SSSR count). The Kier molecular flexibility index (Phi) is 14.4. The molecule has 1 aliphatic heterocycles. The quantitative estimate of drug-likeness (QED) is 0.585. The second-order valence-corrected chi connectivity index (χ2v) is 4.85. The molecule has 1 heterocycles. The van der Waals surface area contributed by atoms with Crippen LogP contribution in [0.5, 0.6) is 0 Å². The van der Waals surface area contributed by atoms with E-state index >= 15 is 0 Å². The molecular formula is C13H29N4Ti-. The van der Waals surface area contributed by atoms with E-state index in [1.807, 2.05) is 0 Å². The van der Waals surface area contributed by atoms with Gasteiger partial charge in [0.05, 0.1) is 0 Å². The summed E-state index contributed by atoms with van der Waals surface area (Å²) >= 11 is 0. The molecule has 0 amide bonds. The van der Waals surface area contributed by atoms with Crippen molar-refractivity contribution in [2.75, 3.05) is 45.8 Å². The van der Waals surface area contributed by atoms with E-state index in [0.717, 1.165) is 45.8 Å². The first-order chi connectivity index (χ1) is 8.39. The number of nitrogens with zero attached hydrogens (tertiary/aromatic N) is 1. The molecule has 0 aromatic heterocycles. The molecule has 1 saturated heterocycles. The van der Waals surface area contributed by atoms with E-state index in [2.05, 4.69) is 28.2 Å². The molecular weight excluding hydrogens is 260 g/mol. The van der Waals surface area contributed by atoms with Crippen molar-refractivity contribution in [3.8, 4) is 0 Å². The van der Waals surface area contributed by atoms with Gasteiger partial charge in [-0.2, -0.15) is 0 Å². The molecule has 0 aromatic rings. The molecule has 0 radical (unpaired) electrons. The normalized spacial score (nSPS) is 26.2. The van der Waals surface area contributed by atoms with Crippen LogP contribution < -0.4 is 16.0 Å². The maximum atomic E-state index is 4.66. The summed E-state index contributed by atoms with van der Waals surface area (Å²) in [6.07, 6.45) is 4.78. The zero-order chi connectivity index (χ0) is 12.2. The Morgan fingerprint density at radius 2 is 1.28 bits per heavy atom.